The molecule has 1 aliphatic heterocycles. The van der Waals surface area contributed by atoms with E-state index in [1.807, 2.05) is 4.90 Å². The van der Waals surface area contributed by atoms with Gasteiger partial charge in [-0.2, -0.15) is 0 Å². The molecule has 5 heteroatoms. The molecule has 0 aliphatic carbocycles. The number of rotatable bonds is 3. The van der Waals surface area contributed by atoms with Crippen LogP contribution in [0.1, 0.15) is 41.0 Å². The maximum absolute atomic E-state index is 12.5. The van der Waals surface area contributed by atoms with E-state index in [1.54, 1.807) is 0 Å². The molecule has 1 unspecified atom stereocenters. The number of piperazine rings is 1. The quantitative estimate of drug-likeness (QED) is 0.795. The molecule has 1 heterocycles. The van der Waals surface area contributed by atoms with Crippen molar-refractivity contribution in [3.05, 3.63) is 0 Å². The highest BCUT2D eigenvalue weighted by atomic mass is 16.2. The van der Waals surface area contributed by atoms with Gasteiger partial charge in [0.15, 0.2) is 0 Å². The van der Waals surface area contributed by atoms with Gasteiger partial charge in [0.2, 0.25) is 11.8 Å². The van der Waals surface area contributed by atoms with Crippen molar-refractivity contribution in [3.63, 3.8) is 0 Å². The molecule has 0 aromatic heterocycles. The van der Waals surface area contributed by atoms with Gasteiger partial charge in [0.1, 0.15) is 6.04 Å². The summed E-state index contributed by atoms with van der Waals surface area (Å²) in [4.78, 5) is 25.7. The largest absolute Gasteiger partial charge is 0.345 e. The zero-order valence-corrected chi connectivity index (χ0v) is 12.7. The molecule has 0 saturated carbocycles. The molecule has 1 rings (SSSR count). The Kier molecular flexibility index (Phi) is 5.35. The molecule has 5 nitrogen and oxygen atoms in total. The summed E-state index contributed by atoms with van der Waals surface area (Å²) >= 11 is 0. The van der Waals surface area contributed by atoms with Gasteiger partial charge in [-0.15, -0.1) is 0 Å². The number of amides is 2. The highest BCUT2D eigenvalue weighted by molar-refractivity contribution is 5.87. The van der Waals surface area contributed by atoms with Gasteiger partial charge in [-0.05, 0) is 18.8 Å². The third-order valence-electron chi connectivity index (χ3n) is 3.17. The molecule has 110 valence electrons. The summed E-state index contributed by atoms with van der Waals surface area (Å²) in [6.07, 6.45) is 0.656. The normalized spacial score (nSPS) is 21.9. The van der Waals surface area contributed by atoms with Crippen LogP contribution in [-0.4, -0.2) is 48.4 Å². The minimum Gasteiger partial charge on any atom is -0.345 e. The van der Waals surface area contributed by atoms with Gasteiger partial charge in [0.25, 0.3) is 0 Å². The van der Waals surface area contributed by atoms with Crippen LogP contribution >= 0.6 is 0 Å². The van der Waals surface area contributed by atoms with Crippen molar-refractivity contribution in [3.8, 4) is 0 Å². The van der Waals surface area contributed by atoms with Crippen molar-refractivity contribution in [2.24, 2.45) is 5.41 Å². The van der Waals surface area contributed by atoms with Gasteiger partial charge in [-0.3, -0.25) is 9.59 Å². The molecule has 0 aromatic carbocycles. The first-order valence-corrected chi connectivity index (χ1v) is 6.98. The number of nitrogens with one attached hydrogen (secondary N) is 2. The number of carbonyl (C=O) groups is 2. The SMILES string of the molecule is CC(=O)NC(CC(C)(C)C)C(=O)N1CCN[C@@H](C)C1. The molecule has 0 bridgehead atoms. The standard InChI is InChI=1S/C14H27N3O2/c1-10-9-17(7-6-15-10)13(19)12(16-11(2)18)8-14(3,4)5/h10,12,15H,6-9H2,1-5H3,(H,16,18)/t10-,12?/m0/s1. The van der Waals surface area contributed by atoms with Crippen molar-refractivity contribution >= 4 is 11.8 Å². The van der Waals surface area contributed by atoms with Gasteiger partial charge in [-0.25, -0.2) is 0 Å². The smallest absolute Gasteiger partial charge is 0.245 e. The van der Waals surface area contributed by atoms with Crippen LogP contribution < -0.4 is 10.6 Å². The maximum atomic E-state index is 12.5. The summed E-state index contributed by atoms with van der Waals surface area (Å²) in [6, 6.07) is -0.104. The first-order chi connectivity index (χ1) is 8.69. The molecule has 2 N–H and O–H groups in total. The minimum atomic E-state index is -0.414. The number of hydrogen-bond donors (Lipinski definition) is 2. The van der Waals surface area contributed by atoms with Gasteiger partial charge < -0.3 is 15.5 Å². The van der Waals surface area contributed by atoms with Gasteiger partial charge >= 0.3 is 0 Å². The Morgan fingerprint density at radius 2 is 2.05 bits per heavy atom. The Balaban J connectivity index is 2.72. The van der Waals surface area contributed by atoms with Crippen LogP contribution in [0, 0.1) is 5.41 Å². The Morgan fingerprint density at radius 1 is 1.42 bits per heavy atom. The summed E-state index contributed by atoms with van der Waals surface area (Å²) in [6.45, 7) is 12.0. The van der Waals surface area contributed by atoms with Crippen molar-refractivity contribution in [2.75, 3.05) is 19.6 Å². The summed E-state index contributed by atoms with van der Waals surface area (Å²) < 4.78 is 0. The predicted molar refractivity (Wildman–Crippen MR) is 75.7 cm³/mol. The second kappa shape index (κ2) is 6.37. The van der Waals surface area contributed by atoms with Crippen molar-refractivity contribution in [1.82, 2.24) is 15.5 Å². The van der Waals surface area contributed by atoms with Crippen molar-refractivity contribution in [2.45, 2.75) is 53.1 Å². The molecule has 0 aromatic rings. The lowest BCUT2D eigenvalue weighted by Crippen LogP contribution is -2.57. The fraction of sp³-hybridized carbons (Fsp3) is 0.857. The zero-order valence-electron chi connectivity index (χ0n) is 12.7. The predicted octanol–water partition coefficient (Wildman–Crippen LogP) is 0.748. The molecule has 0 spiro atoms. The number of hydrogen-bond acceptors (Lipinski definition) is 3. The van der Waals surface area contributed by atoms with Crippen LogP contribution in [0.25, 0.3) is 0 Å². The first-order valence-electron chi connectivity index (χ1n) is 6.98. The van der Waals surface area contributed by atoms with Crippen LogP contribution in [0.4, 0.5) is 0 Å². The zero-order chi connectivity index (χ0) is 14.6. The van der Waals surface area contributed by atoms with Crippen LogP contribution in [0.2, 0.25) is 0 Å². The molecule has 0 radical (unpaired) electrons. The maximum Gasteiger partial charge on any atom is 0.245 e. The van der Waals surface area contributed by atoms with Gasteiger partial charge in [0, 0.05) is 32.6 Å². The van der Waals surface area contributed by atoms with E-state index in [1.165, 1.54) is 6.92 Å². The lowest BCUT2D eigenvalue weighted by atomic mass is 9.87. The fourth-order valence-electron chi connectivity index (χ4n) is 2.41. The third kappa shape index (κ3) is 5.59. The lowest BCUT2D eigenvalue weighted by molar-refractivity contribution is -0.137. The van der Waals surface area contributed by atoms with Crippen LogP contribution in [-0.2, 0) is 9.59 Å². The molecule has 19 heavy (non-hydrogen) atoms. The molecule has 1 saturated heterocycles. The fourth-order valence-corrected chi connectivity index (χ4v) is 2.41. The molecule has 2 atom stereocenters. The van der Waals surface area contributed by atoms with E-state index in [9.17, 15) is 9.59 Å². The van der Waals surface area contributed by atoms with Crippen LogP contribution in [0.3, 0.4) is 0 Å². The Bertz CT molecular complexity index is 336. The van der Waals surface area contributed by atoms with Gasteiger partial charge in [-0.1, -0.05) is 20.8 Å². The van der Waals surface area contributed by atoms with E-state index in [4.69, 9.17) is 0 Å². The molecule has 1 aliphatic rings. The Morgan fingerprint density at radius 3 is 2.53 bits per heavy atom. The third-order valence-corrected chi connectivity index (χ3v) is 3.17. The highest BCUT2D eigenvalue weighted by Gasteiger charge is 2.30. The summed E-state index contributed by atoms with van der Waals surface area (Å²) in [5, 5.41) is 6.11. The second-order valence-electron chi connectivity index (χ2n) is 6.66. The molecular weight excluding hydrogens is 242 g/mol. The van der Waals surface area contributed by atoms with E-state index >= 15 is 0 Å². The van der Waals surface area contributed by atoms with Gasteiger partial charge in [0.05, 0.1) is 0 Å². The van der Waals surface area contributed by atoms with Crippen molar-refractivity contribution in [1.29, 1.82) is 0 Å². The number of nitrogens with zero attached hydrogens (tertiary/aromatic N) is 1. The minimum absolute atomic E-state index is 0.00241. The van der Waals surface area contributed by atoms with E-state index in [-0.39, 0.29) is 17.2 Å². The molecule has 1 fully saturated rings. The van der Waals surface area contributed by atoms with E-state index < -0.39 is 6.04 Å². The summed E-state index contributed by atoms with van der Waals surface area (Å²) in [7, 11) is 0. The van der Waals surface area contributed by atoms with Crippen LogP contribution in [0.5, 0.6) is 0 Å². The average molecular weight is 269 g/mol. The first kappa shape index (κ1) is 16.0. The summed E-state index contributed by atoms with van der Waals surface area (Å²) in [5.41, 5.74) is 0.00241. The molecular formula is C14H27N3O2. The van der Waals surface area contributed by atoms with Crippen molar-refractivity contribution < 1.29 is 9.59 Å². The monoisotopic (exact) mass is 269 g/mol. The van der Waals surface area contributed by atoms with Crippen LogP contribution in [0.15, 0.2) is 0 Å². The molecule has 2 amide bonds. The van der Waals surface area contributed by atoms with E-state index in [0.717, 1.165) is 6.54 Å². The summed E-state index contributed by atoms with van der Waals surface area (Å²) in [5.74, 6) is -0.107. The Hall–Kier alpha value is -1.10. The lowest BCUT2D eigenvalue weighted by Gasteiger charge is -2.36. The Labute approximate surface area is 116 Å². The highest BCUT2D eigenvalue weighted by Crippen LogP contribution is 2.22. The topological polar surface area (TPSA) is 61.4 Å². The second-order valence-corrected chi connectivity index (χ2v) is 6.66. The average Bonchev–Trinajstić information content (AvgIpc) is 2.24. The number of carbonyl (C=O) groups excluding carboxylic acids is 2. The van der Waals surface area contributed by atoms with E-state index in [0.29, 0.717) is 25.6 Å². The van der Waals surface area contributed by atoms with E-state index in [2.05, 4.69) is 38.3 Å².